The van der Waals surface area contributed by atoms with Gasteiger partial charge in [0, 0.05) is 17.5 Å². The topological polar surface area (TPSA) is 87.3 Å². The third-order valence-electron chi connectivity index (χ3n) is 2.41. The van der Waals surface area contributed by atoms with E-state index in [1.54, 1.807) is 41.8 Å². The van der Waals surface area contributed by atoms with Crippen LogP contribution in [0.25, 0.3) is 0 Å². The van der Waals surface area contributed by atoms with E-state index in [1.807, 2.05) is 0 Å². The molecule has 0 fully saturated rings. The number of hydrogen-bond donors (Lipinski definition) is 3. The summed E-state index contributed by atoms with van der Waals surface area (Å²) in [4.78, 5) is 35.4. The summed E-state index contributed by atoms with van der Waals surface area (Å²) in [5.41, 5.74) is 0.675. The summed E-state index contributed by atoms with van der Waals surface area (Å²) in [6, 6.07) is 9.73. The quantitative estimate of drug-likeness (QED) is 0.750. The van der Waals surface area contributed by atoms with Gasteiger partial charge in [0.15, 0.2) is 0 Å². The molecule has 4 amide bonds. The van der Waals surface area contributed by atoms with E-state index in [2.05, 4.69) is 15.4 Å². The zero-order chi connectivity index (χ0) is 15.9. The minimum atomic E-state index is -0.589. The molecule has 8 heteroatoms. The maximum Gasteiger partial charge on any atom is 0.331 e. The van der Waals surface area contributed by atoms with Gasteiger partial charge in [-0.05, 0) is 47.7 Å². The molecular weight excluding hydrogens is 322 g/mol. The van der Waals surface area contributed by atoms with Crippen molar-refractivity contribution in [2.75, 3.05) is 5.32 Å². The Morgan fingerprint density at radius 2 is 1.82 bits per heavy atom. The van der Waals surface area contributed by atoms with Gasteiger partial charge in [0.25, 0.3) is 5.91 Å². The van der Waals surface area contributed by atoms with Gasteiger partial charge in [-0.25, -0.2) is 4.79 Å². The number of urea groups is 1. The van der Waals surface area contributed by atoms with Crippen molar-refractivity contribution < 1.29 is 14.4 Å². The Labute approximate surface area is 135 Å². The SMILES string of the molecule is CC(=O)Nc1ccc(SNC(=O)NC(=O)c2cccs2)cc1. The van der Waals surface area contributed by atoms with Crippen LogP contribution in [0.3, 0.4) is 0 Å². The molecule has 0 aliphatic carbocycles. The molecule has 2 aromatic rings. The van der Waals surface area contributed by atoms with Crippen molar-refractivity contribution in [3.63, 3.8) is 0 Å². The number of benzene rings is 1. The monoisotopic (exact) mass is 335 g/mol. The predicted octanol–water partition coefficient (Wildman–Crippen LogP) is 2.85. The van der Waals surface area contributed by atoms with Crippen LogP contribution in [-0.2, 0) is 4.79 Å². The van der Waals surface area contributed by atoms with E-state index in [-0.39, 0.29) is 5.91 Å². The van der Waals surface area contributed by atoms with E-state index >= 15 is 0 Å². The van der Waals surface area contributed by atoms with Crippen molar-refractivity contribution in [3.8, 4) is 0 Å². The summed E-state index contributed by atoms with van der Waals surface area (Å²) < 4.78 is 2.52. The Kier molecular flexibility index (Phi) is 5.56. The van der Waals surface area contributed by atoms with Gasteiger partial charge >= 0.3 is 6.03 Å². The van der Waals surface area contributed by atoms with Gasteiger partial charge in [-0.15, -0.1) is 11.3 Å². The van der Waals surface area contributed by atoms with Crippen LogP contribution < -0.4 is 15.4 Å². The number of thiophene rings is 1. The van der Waals surface area contributed by atoms with Crippen LogP contribution in [-0.4, -0.2) is 17.8 Å². The average Bonchev–Trinajstić information content (AvgIpc) is 3.00. The lowest BCUT2D eigenvalue weighted by molar-refractivity contribution is -0.114. The molecule has 0 aliphatic rings. The summed E-state index contributed by atoms with van der Waals surface area (Å²) in [6.45, 7) is 1.43. The molecule has 0 bridgehead atoms. The first-order valence-corrected chi connectivity index (χ1v) is 7.93. The van der Waals surface area contributed by atoms with Crippen LogP contribution in [0.1, 0.15) is 16.6 Å². The number of carbonyl (C=O) groups is 3. The smallest absolute Gasteiger partial charge is 0.326 e. The number of carbonyl (C=O) groups excluding carboxylic acids is 3. The van der Waals surface area contributed by atoms with E-state index in [4.69, 9.17) is 0 Å². The van der Waals surface area contributed by atoms with Gasteiger partial charge < -0.3 is 5.32 Å². The Morgan fingerprint density at radius 3 is 2.41 bits per heavy atom. The molecule has 0 unspecified atom stereocenters. The van der Waals surface area contributed by atoms with Crippen molar-refractivity contribution in [2.24, 2.45) is 0 Å². The standard InChI is InChI=1S/C14H13N3O3S2/c1-9(18)15-10-4-6-11(7-5-10)22-17-14(20)16-13(19)12-3-2-8-21-12/h2-8H,1H3,(H,15,18)(H2,16,17,19,20). The van der Waals surface area contributed by atoms with Crippen molar-refractivity contribution in [1.29, 1.82) is 0 Å². The normalized spacial score (nSPS) is 9.86. The molecular formula is C14H13N3O3S2. The zero-order valence-electron chi connectivity index (χ0n) is 11.6. The first-order chi connectivity index (χ1) is 10.5. The van der Waals surface area contributed by atoms with Crippen molar-refractivity contribution in [3.05, 3.63) is 46.7 Å². The second-order valence-corrected chi connectivity index (χ2v) is 6.00. The van der Waals surface area contributed by atoms with Crippen LogP contribution in [0.4, 0.5) is 10.5 Å². The molecule has 1 heterocycles. The maximum atomic E-state index is 11.7. The molecule has 0 spiro atoms. The first kappa shape index (κ1) is 16.1. The van der Waals surface area contributed by atoms with Crippen molar-refractivity contribution in [1.82, 2.24) is 10.0 Å². The Bertz CT molecular complexity index is 669. The number of rotatable bonds is 4. The first-order valence-electron chi connectivity index (χ1n) is 6.24. The molecule has 1 aromatic heterocycles. The summed E-state index contributed by atoms with van der Waals surface area (Å²) in [5, 5.41) is 6.64. The highest BCUT2D eigenvalue weighted by Crippen LogP contribution is 2.17. The minimum absolute atomic E-state index is 0.148. The van der Waals surface area contributed by atoms with Gasteiger partial charge in [0.05, 0.1) is 4.88 Å². The highest BCUT2D eigenvalue weighted by atomic mass is 32.2. The van der Waals surface area contributed by atoms with E-state index in [0.717, 1.165) is 16.8 Å². The molecule has 3 N–H and O–H groups in total. The Morgan fingerprint density at radius 1 is 1.09 bits per heavy atom. The van der Waals surface area contributed by atoms with E-state index in [9.17, 15) is 14.4 Å². The average molecular weight is 335 g/mol. The zero-order valence-corrected chi connectivity index (χ0v) is 13.2. The number of nitrogens with one attached hydrogen (secondary N) is 3. The van der Waals surface area contributed by atoms with Gasteiger partial charge in [-0.3, -0.25) is 19.6 Å². The molecule has 0 saturated carbocycles. The largest absolute Gasteiger partial charge is 0.331 e. The second-order valence-electron chi connectivity index (χ2n) is 4.17. The highest BCUT2D eigenvalue weighted by molar-refractivity contribution is 7.98. The highest BCUT2D eigenvalue weighted by Gasteiger charge is 2.10. The number of imide groups is 1. The molecule has 0 radical (unpaired) electrons. The number of hydrogen-bond acceptors (Lipinski definition) is 5. The molecule has 114 valence electrons. The van der Waals surface area contributed by atoms with Gasteiger partial charge in [-0.2, -0.15) is 0 Å². The molecule has 0 atom stereocenters. The van der Waals surface area contributed by atoms with E-state index in [1.165, 1.54) is 18.3 Å². The van der Waals surface area contributed by atoms with Gasteiger partial charge in [0.1, 0.15) is 0 Å². The lowest BCUT2D eigenvalue weighted by atomic mass is 10.3. The summed E-state index contributed by atoms with van der Waals surface area (Å²) in [5.74, 6) is -0.584. The third kappa shape index (κ3) is 4.90. The lowest BCUT2D eigenvalue weighted by Gasteiger charge is -2.06. The van der Waals surface area contributed by atoms with Crippen LogP contribution in [0, 0.1) is 0 Å². The molecule has 0 aliphatic heterocycles. The fraction of sp³-hybridized carbons (Fsp3) is 0.0714. The minimum Gasteiger partial charge on any atom is -0.326 e. The predicted molar refractivity (Wildman–Crippen MR) is 86.9 cm³/mol. The van der Waals surface area contributed by atoms with E-state index < -0.39 is 11.9 Å². The van der Waals surface area contributed by atoms with Gasteiger partial charge in [-0.1, -0.05) is 6.07 Å². The molecule has 2 rings (SSSR count). The van der Waals surface area contributed by atoms with Crippen LogP contribution >= 0.6 is 23.3 Å². The van der Waals surface area contributed by atoms with Crippen molar-refractivity contribution >= 4 is 46.8 Å². The second kappa shape index (κ2) is 7.62. The summed E-state index contributed by atoms with van der Waals surface area (Å²) in [6.07, 6.45) is 0. The van der Waals surface area contributed by atoms with Gasteiger partial charge in [0.2, 0.25) is 5.91 Å². The summed E-state index contributed by atoms with van der Waals surface area (Å²) >= 11 is 2.33. The molecule has 0 saturated heterocycles. The number of anilines is 1. The Hall–Kier alpha value is -2.32. The summed E-state index contributed by atoms with van der Waals surface area (Å²) in [7, 11) is 0. The number of amides is 4. The van der Waals surface area contributed by atoms with Crippen LogP contribution in [0.15, 0.2) is 46.7 Å². The molecule has 1 aromatic carbocycles. The van der Waals surface area contributed by atoms with E-state index in [0.29, 0.717) is 10.6 Å². The fourth-order valence-corrected chi connectivity index (χ4v) is 2.67. The molecule has 22 heavy (non-hydrogen) atoms. The van der Waals surface area contributed by atoms with Crippen LogP contribution in [0.5, 0.6) is 0 Å². The molecule has 6 nitrogen and oxygen atoms in total. The van der Waals surface area contributed by atoms with Crippen LogP contribution in [0.2, 0.25) is 0 Å². The third-order valence-corrected chi connectivity index (χ3v) is 4.07. The lowest BCUT2D eigenvalue weighted by Crippen LogP contribution is -2.35. The Balaban J connectivity index is 1.81. The van der Waals surface area contributed by atoms with Crippen molar-refractivity contribution in [2.45, 2.75) is 11.8 Å². The fourth-order valence-electron chi connectivity index (χ4n) is 1.51. The maximum absolute atomic E-state index is 11.7.